The van der Waals surface area contributed by atoms with Crippen molar-refractivity contribution >= 4 is 5.91 Å². The van der Waals surface area contributed by atoms with Crippen LogP contribution in [0.3, 0.4) is 0 Å². The predicted molar refractivity (Wildman–Crippen MR) is 92.1 cm³/mol. The summed E-state index contributed by atoms with van der Waals surface area (Å²) in [5.74, 6) is 1.13. The minimum absolute atomic E-state index is 0.0510. The van der Waals surface area contributed by atoms with Crippen LogP contribution in [-0.4, -0.2) is 57.0 Å². The normalized spacial score (nSPS) is 18.2. The summed E-state index contributed by atoms with van der Waals surface area (Å²) >= 11 is 0. The Morgan fingerprint density at radius 1 is 1.24 bits per heavy atom. The van der Waals surface area contributed by atoms with Gasteiger partial charge in [0.05, 0.1) is 24.5 Å². The molecule has 25 heavy (non-hydrogen) atoms. The fraction of sp³-hybridized carbons (Fsp3) is 0.500. The summed E-state index contributed by atoms with van der Waals surface area (Å²) in [6.45, 7) is 6.40. The van der Waals surface area contributed by atoms with Crippen molar-refractivity contribution < 1.29 is 9.53 Å². The van der Waals surface area contributed by atoms with Crippen molar-refractivity contribution in [1.29, 1.82) is 0 Å². The molecule has 0 radical (unpaired) electrons. The van der Waals surface area contributed by atoms with E-state index in [0.717, 1.165) is 17.9 Å². The van der Waals surface area contributed by atoms with Gasteiger partial charge in [0.15, 0.2) is 0 Å². The highest BCUT2D eigenvalue weighted by molar-refractivity contribution is 5.93. The van der Waals surface area contributed by atoms with Gasteiger partial charge in [-0.15, -0.1) is 0 Å². The average molecular weight is 341 g/mol. The number of carbonyl (C=O) groups excluding carboxylic acids is 1. The molecule has 0 N–H and O–H groups in total. The molecule has 3 heterocycles. The standard InChI is InChI=1S/C18H23N5O2/c1-13(2)17-21-8-15(9-22-17)18(24)23-5-6-25-12-14(11-23)7-16-10-19-3-4-20-16/h3-4,8-10,13-14H,5-7,11-12H2,1-2H3/t14-/m0/s1. The summed E-state index contributed by atoms with van der Waals surface area (Å²) in [6, 6.07) is 0. The summed E-state index contributed by atoms with van der Waals surface area (Å²) in [5.41, 5.74) is 1.43. The molecule has 7 nitrogen and oxygen atoms in total. The Morgan fingerprint density at radius 2 is 2.04 bits per heavy atom. The van der Waals surface area contributed by atoms with Crippen LogP contribution in [0.5, 0.6) is 0 Å². The van der Waals surface area contributed by atoms with Gasteiger partial charge in [-0.25, -0.2) is 9.97 Å². The Hall–Kier alpha value is -2.41. The maximum Gasteiger partial charge on any atom is 0.257 e. The number of carbonyl (C=O) groups is 1. The number of rotatable bonds is 4. The highest BCUT2D eigenvalue weighted by atomic mass is 16.5. The second-order valence-electron chi connectivity index (χ2n) is 6.58. The first kappa shape index (κ1) is 17.4. The fourth-order valence-corrected chi connectivity index (χ4v) is 2.85. The first-order valence-electron chi connectivity index (χ1n) is 8.57. The van der Waals surface area contributed by atoms with Gasteiger partial charge in [-0.1, -0.05) is 13.8 Å². The van der Waals surface area contributed by atoms with E-state index in [4.69, 9.17) is 4.74 Å². The SMILES string of the molecule is CC(C)c1ncc(C(=O)N2CCOC[C@@H](Cc3cnccn3)C2)cn1. The first-order chi connectivity index (χ1) is 12.1. The third-order valence-electron chi connectivity index (χ3n) is 4.17. The van der Waals surface area contributed by atoms with Gasteiger partial charge in [-0.2, -0.15) is 0 Å². The number of amides is 1. The lowest BCUT2D eigenvalue weighted by atomic mass is 10.0. The topological polar surface area (TPSA) is 81.1 Å². The van der Waals surface area contributed by atoms with Crippen LogP contribution < -0.4 is 0 Å². The summed E-state index contributed by atoms with van der Waals surface area (Å²) in [7, 11) is 0. The molecule has 2 aromatic rings. The summed E-state index contributed by atoms with van der Waals surface area (Å²) in [5, 5.41) is 0. The van der Waals surface area contributed by atoms with E-state index in [0.29, 0.717) is 31.9 Å². The van der Waals surface area contributed by atoms with Crippen LogP contribution in [0.15, 0.2) is 31.0 Å². The molecule has 0 saturated carbocycles. The third kappa shape index (κ3) is 4.57. The highest BCUT2D eigenvalue weighted by Gasteiger charge is 2.24. The Bertz CT molecular complexity index is 690. The smallest absolute Gasteiger partial charge is 0.257 e. The molecule has 1 amide bonds. The van der Waals surface area contributed by atoms with Crippen LogP contribution in [0.25, 0.3) is 0 Å². The second-order valence-corrected chi connectivity index (χ2v) is 6.58. The first-order valence-corrected chi connectivity index (χ1v) is 8.57. The zero-order valence-corrected chi connectivity index (χ0v) is 14.6. The van der Waals surface area contributed by atoms with Crippen molar-refractivity contribution in [2.45, 2.75) is 26.2 Å². The Kier molecular flexibility index (Phi) is 5.65. The van der Waals surface area contributed by atoms with E-state index >= 15 is 0 Å². The van der Waals surface area contributed by atoms with E-state index in [1.807, 2.05) is 18.7 Å². The lowest BCUT2D eigenvalue weighted by molar-refractivity contribution is 0.0736. The van der Waals surface area contributed by atoms with E-state index in [-0.39, 0.29) is 17.7 Å². The molecule has 1 saturated heterocycles. The maximum absolute atomic E-state index is 12.8. The highest BCUT2D eigenvalue weighted by Crippen LogP contribution is 2.15. The number of nitrogens with zero attached hydrogens (tertiary/aromatic N) is 5. The molecule has 1 fully saturated rings. The molecular formula is C18H23N5O2. The van der Waals surface area contributed by atoms with Gasteiger partial charge in [0, 0.05) is 55.9 Å². The van der Waals surface area contributed by atoms with E-state index in [1.165, 1.54) is 0 Å². The summed E-state index contributed by atoms with van der Waals surface area (Å²) in [4.78, 5) is 31.6. The van der Waals surface area contributed by atoms with Crippen LogP contribution in [0.2, 0.25) is 0 Å². The van der Waals surface area contributed by atoms with Crippen LogP contribution in [-0.2, 0) is 11.2 Å². The number of ether oxygens (including phenoxy) is 1. The van der Waals surface area contributed by atoms with Gasteiger partial charge in [-0.05, 0) is 6.42 Å². The molecule has 1 aliphatic heterocycles. The van der Waals surface area contributed by atoms with Gasteiger partial charge >= 0.3 is 0 Å². The van der Waals surface area contributed by atoms with Gasteiger partial charge in [0.2, 0.25) is 0 Å². The average Bonchev–Trinajstić information content (AvgIpc) is 2.87. The quantitative estimate of drug-likeness (QED) is 0.842. The Balaban J connectivity index is 1.68. The molecule has 0 aliphatic carbocycles. The summed E-state index contributed by atoms with van der Waals surface area (Å²) < 4.78 is 5.67. The largest absolute Gasteiger partial charge is 0.379 e. The van der Waals surface area contributed by atoms with Crippen molar-refractivity contribution in [3.63, 3.8) is 0 Å². The minimum atomic E-state index is -0.0510. The van der Waals surface area contributed by atoms with Crippen molar-refractivity contribution in [1.82, 2.24) is 24.8 Å². The molecule has 1 atom stereocenters. The number of hydrogen-bond donors (Lipinski definition) is 0. The third-order valence-corrected chi connectivity index (χ3v) is 4.17. The predicted octanol–water partition coefficient (Wildman–Crippen LogP) is 1.72. The zero-order valence-electron chi connectivity index (χ0n) is 14.6. The number of hydrogen-bond acceptors (Lipinski definition) is 6. The maximum atomic E-state index is 12.8. The van der Waals surface area contributed by atoms with Gasteiger partial charge in [0.25, 0.3) is 5.91 Å². The van der Waals surface area contributed by atoms with Gasteiger partial charge in [0.1, 0.15) is 5.82 Å². The van der Waals surface area contributed by atoms with Gasteiger partial charge in [-0.3, -0.25) is 14.8 Å². The molecular weight excluding hydrogens is 318 g/mol. The summed E-state index contributed by atoms with van der Waals surface area (Å²) in [6.07, 6.45) is 9.07. The zero-order chi connectivity index (χ0) is 17.6. The number of aromatic nitrogens is 4. The minimum Gasteiger partial charge on any atom is -0.379 e. The molecule has 7 heteroatoms. The lowest BCUT2D eigenvalue weighted by Gasteiger charge is -2.23. The van der Waals surface area contributed by atoms with E-state index in [2.05, 4.69) is 19.9 Å². The second kappa shape index (κ2) is 8.11. The van der Waals surface area contributed by atoms with Crippen molar-refractivity contribution in [3.05, 3.63) is 48.1 Å². The van der Waals surface area contributed by atoms with Crippen molar-refractivity contribution in [2.24, 2.45) is 5.92 Å². The van der Waals surface area contributed by atoms with E-state index < -0.39 is 0 Å². The molecule has 0 aromatic carbocycles. The molecule has 2 aromatic heterocycles. The van der Waals surface area contributed by atoms with Crippen LogP contribution >= 0.6 is 0 Å². The van der Waals surface area contributed by atoms with Crippen molar-refractivity contribution in [3.8, 4) is 0 Å². The van der Waals surface area contributed by atoms with Gasteiger partial charge < -0.3 is 9.64 Å². The van der Waals surface area contributed by atoms with Crippen LogP contribution in [0.1, 0.15) is 41.6 Å². The monoisotopic (exact) mass is 341 g/mol. The molecule has 132 valence electrons. The molecule has 0 spiro atoms. The molecule has 0 bridgehead atoms. The lowest BCUT2D eigenvalue weighted by Crippen LogP contribution is -2.36. The Morgan fingerprint density at radius 3 is 2.72 bits per heavy atom. The van der Waals surface area contributed by atoms with Crippen LogP contribution in [0.4, 0.5) is 0 Å². The fourth-order valence-electron chi connectivity index (χ4n) is 2.85. The molecule has 0 unspecified atom stereocenters. The molecule has 1 aliphatic rings. The molecule has 3 rings (SSSR count). The van der Waals surface area contributed by atoms with E-state index in [9.17, 15) is 4.79 Å². The Labute approximate surface area is 147 Å². The van der Waals surface area contributed by atoms with Crippen molar-refractivity contribution in [2.75, 3.05) is 26.3 Å². The van der Waals surface area contributed by atoms with E-state index in [1.54, 1.807) is 31.0 Å². The van der Waals surface area contributed by atoms with Crippen LogP contribution in [0, 0.1) is 5.92 Å².